The maximum absolute atomic E-state index is 10.6. The fourth-order valence-corrected chi connectivity index (χ4v) is 1.68. The lowest BCUT2D eigenvalue weighted by Gasteiger charge is -2.10. The maximum atomic E-state index is 10.6. The zero-order valence-electron chi connectivity index (χ0n) is 11.1. The summed E-state index contributed by atoms with van der Waals surface area (Å²) in [6.07, 6.45) is 3.75. The second kappa shape index (κ2) is 7.30. The van der Waals surface area contributed by atoms with Crippen LogP contribution in [0.4, 0.5) is 5.69 Å². The molecule has 7 heteroatoms. The van der Waals surface area contributed by atoms with Gasteiger partial charge in [-0.1, -0.05) is 0 Å². The number of carbonyl (C=O) groups excluding carboxylic acids is 2. The molecule has 0 atom stereocenters. The molecule has 1 aliphatic rings. The van der Waals surface area contributed by atoms with Gasteiger partial charge in [-0.3, -0.25) is 14.4 Å². The van der Waals surface area contributed by atoms with Crippen LogP contribution < -0.4 is 10.9 Å². The van der Waals surface area contributed by atoms with Crippen molar-refractivity contribution in [3.63, 3.8) is 0 Å². The van der Waals surface area contributed by atoms with Crippen LogP contribution in [0, 0.1) is 0 Å². The van der Waals surface area contributed by atoms with Gasteiger partial charge < -0.3 is 10.2 Å². The zero-order chi connectivity index (χ0) is 14.3. The van der Waals surface area contributed by atoms with Crippen molar-refractivity contribution < 1.29 is 9.59 Å². The van der Waals surface area contributed by atoms with Crippen molar-refractivity contribution in [1.29, 1.82) is 0 Å². The Morgan fingerprint density at radius 1 is 1.32 bits per heavy atom. The van der Waals surface area contributed by atoms with E-state index in [0.29, 0.717) is 5.69 Å². The normalized spacial score (nSPS) is 13.5. The minimum absolute atomic E-state index is 0.225. The number of nitrogens with one attached hydrogen (secondary N) is 2. The first kappa shape index (κ1) is 14.9. The van der Waals surface area contributed by atoms with Crippen LogP contribution in [-0.2, 0) is 9.59 Å². The van der Waals surface area contributed by atoms with E-state index >= 15 is 0 Å². The van der Waals surface area contributed by atoms with Gasteiger partial charge in [0.05, 0.1) is 11.9 Å². The van der Waals surface area contributed by atoms with Gasteiger partial charge in [0.1, 0.15) is 0 Å². The van der Waals surface area contributed by atoms with Crippen molar-refractivity contribution in [1.82, 2.24) is 15.1 Å². The molecule has 7 nitrogen and oxygen atoms in total. The van der Waals surface area contributed by atoms with Crippen molar-refractivity contribution in [2.75, 3.05) is 18.4 Å². The third-order valence-corrected chi connectivity index (χ3v) is 2.54. The molecule has 104 valence electrons. The Kier molecular flexibility index (Phi) is 5.72. The van der Waals surface area contributed by atoms with Crippen LogP contribution in [0.5, 0.6) is 0 Å². The number of aromatic nitrogens is 2. The van der Waals surface area contributed by atoms with E-state index in [2.05, 4.69) is 15.5 Å². The molecular formula is C12H18N4O3. The number of rotatable bonds is 1. The summed E-state index contributed by atoms with van der Waals surface area (Å²) in [7, 11) is 0. The van der Waals surface area contributed by atoms with E-state index in [1.165, 1.54) is 32.0 Å². The van der Waals surface area contributed by atoms with Gasteiger partial charge in [-0.15, -0.1) is 0 Å². The Morgan fingerprint density at radius 3 is 2.37 bits per heavy atom. The van der Waals surface area contributed by atoms with Crippen LogP contribution in [0.15, 0.2) is 17.1 Å². The van der Waals surface area contributed by atoms with Gasteiger partial charge in [0.15, 0.2) is 0 Å². The lowest BCUT2D eigenvalue weighted by atomic mass is 10.4. The summed E-state index contributed by atoms with van der Waals surface area (Å²) in [4.78, 5) is 33.5. The van der Waals surface area contributed by atoms with Crippen LogP contribution in [-0.4, -0.2) is 40.0 Å². The predicted molar refractivity (Wildman–Crippen MR) is 70.6 cm³/mol. The zero-order valence-corrected chi connectivity index (χ0v) is 11.1. The van der Waals surface area contributed by atoms with Crippen LogP contribution in [0.25, 0.3) is 0 Å². The molecule has 0 saturated carbocycles. The fraction of sp³-hybridized carbons (Fsp3) is 0.500. The van der Waals surface area contributed by atoms with E-state index in [1.807, 2.05) is 4.90 Å². The topological polar surface area (TPSA) is 95.2 Å². The van der Waals surface area contributed by atoms with E-state index < -0.39 is 0 Å². The van der Waals surface area contributed by atoms with Crippen LogP contribution in [0.2, 0.25) is 0 Å². The number of hydrogen-bond donors (Lipinski definition) is 2. The summed E-state index contributed by atoms with van der Waals surface area (Å²) in [5.41, 5.74) is 0.0671. The highest BCUT2D eigenvalue weighted by Gasteiger charge is 2.12. The SMILES string of the molecule is CC(=O)N1CCCC1.CC(=O)Nc1cn[nH]c(=O)c1. The Balaban J connectivity index is 0.000000200. The molecule has 0 bridgehead atoms. The van der Waals surface area contributed by atoms with Gasteiger partial charge in [0.2, 0.25) is 11.8 Å². The fourth-order valence-electron chi connectivity index (χ4n) is 1.68. The molecule has 1 saturated heterocycles. The highest BCUT2D eigenvalue weighted by molar-refractivity contribution is 5.88. The average Bonchev–Trinajstić information content (AvgIpc) is 2.82. The minimum atomic E-state index is -0.337. The molecule has 1 fully saturated rings. The third kappa shape index (κ3) is 5.80. The lowest BCUT2D eigenvalue weighted by Crippen LogP contribution is -2.24. The molecule has 0 spiro atoms. The Hall–Kier alpha value is -2.18. The molecule has 2 heterocycles. The first-order chi connectivity index (χ1) is 8.99. The molecule has 2 N–H and O–H groups in total. The maximum Gasteiger partial charge on any atom is 0.266 e. The number of anilines is 1. The van der Waals surface area contributed by atoms with E-state index in [1.54, 1.807) is 6.92 Å². The van der Waals surface area contributed by atoms with E-state index in [9.17, 15) is 14.4 Å². The van der Waals surface area contributed by atoms with Crippen molar-refractivity contribution in [2.45, 2.75) is 26.7 Å². The number of H-pyrrole nitrogens is 1. The molecule has 1 aromatic heterocycles. The molecule has 19 heavy (non-hydrogen) atoms. The molecule has 0 aromatic carbocycles. The van der Waals surface area contributed by atoms with E-state index in [-0.39, 0.29) is 17.4 Å². The summed E-state index contributed by atoms with van der Waals surface area (Å²) in [5, 5.41) is 8.10. The van der Waals surface area contributed by atoms with Crippen LogP contribution >= 0.6 is 0 Å². The van der Waals surface area contributed by atoms with Crippen LogP contribution in [0.3, 0.4) is 0 Å². The molecule has 2 amide bonds. The molecule has 1 aliphatic heterocycles. The molecule has 1 aromatic rings. The number of nitrogens with zero attached hydrogens (tertiary/aromatic N) is 2. The summed E-state index contributed by atoms with van der Waals surface area (Å²) in [6.45, 7) is 4.96. The third-order valence-electron chi connectivity index (χ3n) is 2.54. The largest absolute Gasteiger partial charge is 0.343 e. The summed E-state index contributed by atoms with van der Waals surface area (Å²) in [6, 6.07) is 1.26. The Labute approximate surface area is 111 Å². The van der Waals surface area contributed by atoms with Crippen molar-refractivity contribution >= 4 is 17.5 Å². The predicted octanol–water partition coefficient (Wildman–Crippen LogP) is 0.357. The van der Waals surface area contributed by atoms with Gasteiger partial charge in [-0.05, 0) is 12.8 Å². The molecular weight excluding hydrogens is 248 g/mol. The van der Waals surface area contributed by atoms with Crippen molar-refractivity contribution in [3.05, 3.63) is 22.6 Å². The second-order valence-electron chi connectivity index (χ2n) is 4.23. The average molecular weight is 266 g/mol. The lowest BCUT2D eigenvalue weighted by molar-refractivity contribution is -0.127. The van der Waals surface area contributed by atoms with Gasteiger partial charge in [-0.2, -0.15) is 5.10 Å². The van der Waals surface area contributed by atoms with Crippen LogP contribution in [0.1, 0.15) is 26.7 Å². The van der Waals surface area contributed by atoms with Gasteiger partial charge in [-0.25, -0.2) is 5.10 Å². The summed E-state index contributed by atoms with van der Waals surface area (Å²) < 4.78 is 0. The highest BCUT2D eigenvalue weighted by Crippen LogP contribution is 2.06. The van der Waals surface area contributed by atoms with Crippen molar-refractivity contribution in [2.24, 2.45) is 0 Å². The Morgan fingerprint density at radius 2 is 1.95 bits per heavy atom. The number of hydrogen-bond acceptors (Lipinski definition) is 4. The minimum Gasteiger partial charge on any atom is -0.343 e. The smallest absolute Gasteiger partial charge is 0.266 e. The number of carbonyl (C=O) groups is 2. The molecule has 0 unspecified atom stereocenters. The van der Waals surface area contributed by atoms with Gasteiger partial charge >= 0.3 is 0 Å². The monoisotopic (exact) mass is 266 g/mol. The molecule has 2 rings (SSSR count). The van der Waals surface area contributed by atoms with E-state index in [4.69, 9.17) is 0 Å². The molecule has 0 radical (unpaired) electrons. The number of amides is 2. The first-order valence-electron chi connectivity index (χ1n) is 6.07. The van der Waals surface area contributed by atoms with E-state index in [0.717, 1.165) is 13.1 Å². The quantitative estimate of drug-likeness (QED) is 0.767. The van der Waals surface area contributed by atoms with Crippen molar-refractivity contribution in [3.8, 4) is 0 Å². The first-order valence-corrected chi connectivity index (χ1v) is 6.07. The highest BCUT2D eigenvalue weighted by atomic mass is 16.2. The van der Waals surface area contributed by atoms with Gasteiger partial charge in [0, 0.05) is 33.0 Å². The number of aromatic amines is 1. The van der Waals surface area contributed by atoms with Gasteiger partial charge in [0.25, 0.3) is 5.56 Å². The second-order valence-corrected chi connectivity index (χ2v) is 4.23. The number of likely N-dealkylation sites (tertiary alicyclic amines) is 1. The Bertz CT molecular complexity index is 492. The molecule has 0 aliphatic carbocycles. The standard InChI is InChI=1S/C6H7N3O2.C6H11NO/c1-4(10)8-5-2-6(11)9-7-3-5;1-6(8)7-4-2-3-5-7/h2-3H,1H3,(H2,8,9,10,11);2-5H2,1H3. The summed E-state index contributed by atoms with van der Waals surface area (Å²) >= 11 is 0. The summed E-state index contributed by atoms with van der Waals surface area (Å²) in [5.74, 6) is -0.0000926.